The molecular formula is C128H143NOS4Se4Si. The first-order valence-electron chi connectivity index (χ1n) is 48.6. The summed E-state index contributed by atoms with van der Waals surface area (Å²) < 4.78 is 26.7. The van der Waals surface area contributed by atoms with E-state index in [1.807, 2.05) is 59.2 Å². The van der Waals surface area contributed by atoms with E-state index in [4.69, 9.17) is 4.42 Å². The van der Waals surface area contributed by atoms with Crippen molar-refractivity contribution >= 4 is 230 Å². The molecule has 718 valence electrons. The van der Waals surface area contributed by atoms with Gasteiger partial charge in [-0.2, -0.15) is 0 Å². The number of fused-ring (bicyclic) bond motifs is 18. The van der Waals surface area contributed by atoms with Gasteiger partial charge >= 0.3 is 361 Å². The molecule has 0 N–H and O–H groups in total. The summed E-state index contributed by atoms with van der Waals surface area (Å²) in [4.78, 5) is 3.79. The number of aryl methyl sites for hydroxylation is 26. The molecule has 22 aromatic rings. The van der Waals surface area contributed by atoms with Crippen LogP contribution in [0.5, 0.6) is 0 Å². The summed E-state index contributed by atoms with van der Waals surface area (Å²) in [6.45, 7) is 76.7. The summed E-state index contributed by atoms with van der Waals surface area (Å²) in [5.74, 6) is 1.03. The van der Waals surface area contributed by atoms with Crippen LogP contribution in [0, 0.1) is 208 Å². The average molecular weight is 2180 g/mol. The van der Waals surface area contributed by atoms with Gasteiger partial charge in [0.15, 0.2) is 0 Å². The minimum absolute atomic E-state index is 0.506. The third-order valence-corrected chi connectivity index (χ3v) is 47.6. The number of nitrogens with zero attached hydrogens (tertiary/aromatic N) is 1. The SMILES string of the molecule is CC1=C[Si](C)(C)C(C)=C1C.Cc1c[se]c(C)c1C.Cc1ccc2[se]c3cc(C)c(C)cc3c2c1.Cc1ccc2c([se]c3c(C)cccc32)c1C.Cc1ccc2c(c1)[se]c1cc(C)c(C)cc12.Cc1ccc2c(c1)sc1cc(C)c(C)cc12.Cc1ccc2c(sc3c(C)cccc32)c1C.Cc1ccc2sc3cc(C)c(C)cc3c2c1.Cc1cn(C)c(C)c1C.Cc1coc(C)c1C.Cc1csc(C)c1C. The molecule has 0 bridgehead atoms. The van der Waals surface area contributed by atoms with Crippen LogP contribution in [0.1, 0.15) is 186 Å². The van der Waals surface area contributed by atoms with Crippen LogP contribution >= 0.6 is 45.3 Å². The summed E-state index contributed by atoms with van der Waals surface area (Å²) in [7, 11) is 1.03. The minimum Gasteiger partial charge on any atom is -0.469 e. The van der Waals surface area contributed by atoms with Crippen LogP contribution in [0.25, 0.3) is 118 Å². The Kier molecular flexibility index (Phi) is 35.1. The van der Waals surface area contributed by atoms with Crippen molar-refractivity contribution < 1.29 is 4.42 Å². The molecule has 23 rings (SSSR count). The van der Waals surface area contributed by atoms with Gasteiger partial charge in [0.05, 0.1) is 14.3 Å². The molecule has 1 aliphatic rings. The topological polar surface area (TPSA) is 18.1 Å². The summed E-state index contributed by atoms with van der Waals surface area (Å²) in [5.41, 5.74) is 43.3. The second kappa shape index (κ2) is 45.6. The van der Waals surface area contributed by atoms with E-state index in [1.54, 1.807) is 37.2 Å². The molecule has 139 heavy (non-hydrogen) atoms. The van der Waals surface area contributed by atoms with Crippen molar-refractivity contribution in [3.63, 3.8) is 0 Å². The maximum atomic E-state index is 5.09. The third kappa shape index (κ3) is 24.5. The van der Waals surface area contributed by atoms with Crippen LogP contribution in [-0.4, -0.2) is 70.7 Å². The number of hydrogen-bond donors (Lipinski definition) is 0. The molecule has 0 aliphatic carbocycles. The van der Waals surface area contributed by atoms with Crippen molar-refractivity contribution in [2.75, 3.05) is 0 Å². The number of rotatable bonds is 0. The molecule has 1 aliphatic heterocycles. The molecule has 0 fully saturated rings. The van der Waals surface area contributed by atoms with Crippen molar-refractivity contribution in [1.29, 1.82) is 0 Å². The molecule has 0 amide bonds. The van der Waals surface area contributed by atoms with Crippen molar-refractivity contribution in [3.8, 4) is 0 Å². The van der Waals surface area contributed by atoms with Gasteiger partial charge < -0.3 is 8.98 Å². The molecule has 2 nitrogen and oxygen atoms in total. The first kappa shape index (κ1) is 107. The number of thiophene rings is 4. The quantitative estimate of drug-likeness (QED) is 0.138. The molecule has 0 saturated carbocycles. The van der Waals surface area contributed by atoms with Gasteiger partial charge in [-0.15, -0.1) is 45.3 Å². The van der Waals surface area contributed by atoms with Crippen LogP contribution in [0.15, 0.2) is 231 Å². The Labute approximate surface area is 871 Å². The van der Waals surface area contributed by atoms with E-state index >= 15 is 0 Å². The monoisotopic (exact) mass is 2190 g/mol. The Bertz CT molecular complexity index is 7810. The normalized spacial score (nSPS) is 12.0. The summed E-state index contributed by atoms with van der Waals surface area (Å²) in [6, 6.07) is 68.2. The zero-order chi connectivity index (χ0) is 101. The summed E-state index contributed by atoms with van der Waals surface area (Å²) in [5, 5.41) is 21.1. The molecule has 11 heteroatoms. The number of aromatic nitrogens is 1. The number of allylic oxidation sites excluding steroid dienone is 3. The average Bonchev–Trinajstić information content (AvgIpc) is 1.65. The van der Waals surface area contributed by atoms with Gasteiger partial charge in [0.25, 0.3) is 0 Å². The van der Waals surface area contributed by atoms with Crippen molar-refractivity contribution in [2.45, 2.75) is 242 Å². The molecule has 10 aromatic heterocycles. The van der Waals surface area contributed by atoms with E-state index < -0.39 is 8.07 Å². The van der Waals surface area contributed by atoms with Crippen LogP contribution in [-0.2, 0) is 7.05 Å². The molecular weight excluding hydrogens is 2040 g/mol. The largest absolute Gasteiger partial charge is 0.469 e. The Hall–Kier alpha value is -9.19. The standard InChI is InChI=1S/3C15H14S.3C15H14Se.C9H16Si.C8H13N.C7H10O.C7H10S.C7H10Se/c1-9-4-5-14-12(6-9)13-7-10(2)11(3)8-15(13)16-14;1-9-4-5-12-13-7-10(2)11(3)8-15(13)16-14(12)6-9;1-9-7-8-13-12-6-4-5-10(2)14(12)16-15(13)11(9)3;1-9-4-5-14-12(6-9)13-7-10(2)11(3)8-15(13)16-14;1-9-4-5-12-13-7-10(2)11(3)8-15(13)16-14(12)6-9;1-9-7-8-13-12-6-4-5-10(2)14(12)16-15(13)11(9)3;1-7-6-10(4,5)9(3)8(7)2;1-6-5-9(4)8(3)7(6)2;3*1-5-4-8-7(3)6(5)2/h6*4-8H,1-3H3;6H,1-5H3;5H,1-4H3;3*4H,1-3H3. The summed E-state index contributed by atoms with van der Waals surface area (Å²) in [6.07, 6.45) is 3.94. The maximum Gasteiger partial charge on any atom is 0.103 e. The Balaban J connectivity index is 0.000000130. The van der Waals surface area contributed by atoms with Gasteiger partial charge in [0, 0.05) is 84.3 Å². The van der Waals surface area contributed by atoms with Crippen LogP contribution < -0.4 is 0 Å². The fourth-order valence-electron chi connectivity index (χ4n) is 17.5. The molecule has 0 radical (unpaired) electrons. The predicted octanol–water partition coefficient (Wildman–Crippen LogP) is 38.4. The van der Waals surface area contributed by atoms with Gasteiger partial charge in [-0.1, -0.05) is 89.2 Å². The molecule has 0 atom stereocenters. The fraction of sp³-hybridized carbons (Fsp3) is 0.281. The molecule has 12 aromatic carbocycles. The van der Waals surface area contributed by atoms with E-state index in [-0.39, 0.29) is 0 Å². The van der Waals surface area contributed by atoms with Crippen LogP contribution in [0.4, 0.5) is 0 Å². The van der Waals surface area contributed by atoms with Gasteiger partial charge in [-0.25, -0.2) is 0 Å². The van der Waals surface area contributed by atoms with E-state index in [1.165, 1.54) is 263 Å². The van der Waals surface area contributed by atoms with E-state index in [9.17, 15) is 0 Å². The smallest absolute Gasteiger partial charge is 0.103 e. The first-order valence-corrected chi connectivity index (χ1v) is 62.0. The molecule has 0 unspecified atom stereocenters. The first-order chi connectivity index (χ1) is 65.7. The van der Waals surface area contributed by atoms with Crippen molar-refractivity contribution in [1.82, 2.24) is 4.57 Å². The van der Waals surface area contributed by atoms with E-state index in [0.29, 0.717) is 58.0 Å². The van der Waals surface area contributed by atoms with Gasteiger partial charge in [-0.05, 0) is 271 Å². The van der Waals surface area contributed by atoms with Crippen molar-refractivity contribution in [3.05, 3.63) is 392 Å². The van der Waals surface area contributed by atoms with Crippen LogP contribution in [0.3, 0.4) is 0 Å². The number of benzene rings is 12. The Morgan fingerprint density at radius 2 is 0.755 bits per heavy atom. The summed E-state index contributed by atoms with van der Waals surface area (Å²) >= 11 is 9.77. The molecule has 0 spiro atoms. The zero-order valence-corrected chi connectivity index (χ0v) is 100. The van der Waals surface area contributed by atoms with Gasteiger partial charge in [-0.3, -0.25) is 0 Å². The van der Waals surface area contributed by atoms with E-state index in [2.05, 4.69) is 444 Å². The number of furan rings is 1. The third-order valence-electron chi connectivity index (χ3n) is 29.1. The van der Waals surface area contributed by atoms with Crippen LogP contribution in [0.2, 0.25) is 13.1 Å². The predicted molar refractivity (Wildman–Crippen MR) is 637 cm³/mol. The maximum absolute atomic E-state index is 5.09. The number of hydrogen-bond acceptors (Lipinski definition) is 5. The Morgan fingerprint density at radius 3 is 1.24 bits per heavy atom. The fourth-order valence-corrected chi connectivity index (χ4v) is 34.6. The van der Waals surface area contributed by atoms with Gasteiger partial charge in [0.1, 0.15) is 5.76 Å². The zero-order valence-electron chi connectivity index (χ0n) is 89.3. The molecule has 11 heterocycles. The van der Waals surface area contributed by atoms with Crippen molar-refractivity contribution in [2.24, 2.45) is 7.05 Å². The minimum atomic E-state index is -1.05. The van der Waals surface area contributed by atoms with Gasteiger partial charge in [0.2, 0.25) is 0 Å². The second-order valence-corrected chi connectivity index (χ2v) is 57.5. The Morgan fingerprint density at radius 1 is 0.295 bits per heavy atom. The molecule has 0 saturated heterocycles. The van der Waals surface area contributed by atoms with E-state index in [0.717, 1.165) is 5.76 Å². The second-order valence-electron chi connectivity index (χ2n) is 39.7.